The quantitative estimate of drug-likeness (QED) is 0.172. The van der Waals surface area contributed by atoms with Crippen LogP contribution in [0.15, 0.2) is 85.1 Å². The van der Waals surface area contributed by atoms with E-state index in [0.29, 0.717) is 5.11 Å². The summed E-state index contributed by atoms with van der Waals surface area (Å²) in [6, 6.07) is 25.1. The van der Waals surface area contributed by atoms with Crippen molar-refractivity contribution in [3.63, 3.8) is 0 Å². The molecule has 0 aliphatic carbocycles. The van der Waals surface area contributed by atoms with Crippen LogP contribution in [0, 0.1) is 0 Å². The lowest BCUT2D eigenvalue weighted by Crippen LogP contribution is -2.29. The first-order valence-electron chi connectivity index (χ1n) is 13.0. The van der Waals surface area contributed by atoms with Crippen molar-refractivity contribution in [2.45, 2.75) is 32.6 Å². The van der Waals surface area contributed by atoms with Crippen LogP contribution in [-0.2, 0) is 0 Å². The lowest BCUT2D eigenvalue weighted by Gasteiger charge is -2.26. The summed E-state index contributed by atoms with van der Waals surface area (Å²) in [6.07, 6.45) is 9.55. The van der Waals surface area contributed by atoms with E-state index in [0.717, 1.165) is 42.0 Å². The van der Waals surface area contributed by atoms with Crippen LogP contribution in [0.4, 0.5) is 11.4 Å². The van der Waals surface area contributed by atoms with Crippen LogP contribution >= 0.6 is 12.2 Å². The van der Waals surface area contributed by atoms with Crippen LogP contribution in [0.1, 0.15) is 38.2 Å². The molecular formula is C31H34N4S. The number of nitrogens with one attached hydrogen (secondary N) is 3. The van der Waals surface area contributed by atoms with Crippen molar-refractivity contribution in [2.75, 3.05) is 30.3 Å². The average molecular weight is 495 g/mol. The fraction of sp³-hybridized carbons (Fsp3) is 0.258. The molecule has 3 aromatic carbocycles. The highest BCUT2D eigenvalue weighted by atomic mass is 32.1. The second kappa shape index (κ2) is 11.5. The number of aromatic nitrogens is 1. The monoisotopic (exact) mass is 494 g/mol. The Labute approximate surface area is 219 Å². The van der Waals surface area contributed by atoms with Gasteiger partial charge in [-0.05, 0) is 78.6 Å². The van der Waals surface area contributed by atoms with E-state index in [1.165, 1.54) is 47.9 Å². The van der Waals surface area contributed by atoms with Gasteiger partial charge in [0.1, 0.15) is 0 Å². The third-order valence-electron chi connectivity index (χ3n) is 6.88. The number of unbranched alkanes of at least 4 members (excludes halogenated alkanes) is 2. The minimum Gasteiger partial charge on any atom is -0.361 e. The maximum atomic E-state index is 5.65. The number of nitrogens with zero attached hydrogens (tertiary/aromatic N) is 1. The number of fused-ring (bicyclic) bond motifs is 1. The molecule has 0 saturated heterocycles. The Morgan fingerprint density at radius 1 is 0.917 bits per heavy atom. The summed E-state index contributed by atoms with van der Waals surface area (Å²) in [4.78, 5) is 6.02. The minimum absolute atomic E-state index is 0.580. The standard InChI is InChI=1S/C31H34N4S/c1-2-3-7-17-35-18-15-24(16-19-35)29-22-32-30-14-13-27(21-28(29)30)34-31(36)33-26-12-8-11-25(20-26)23-9-5-4-6-10-23/h4-6,8-15,20-22,32H,2-3,7,16-19H2,1H3,(H2,33,34,36). The van der Waals surface area contributed by atoms with Gasteiger partial charge >= 0.3 is 0 Å². The predicted octanol–water partition coefficient (Wildman–Crippen LogP) is 7.92. The van der Waals surface area contributed by atoms with E-state index in [1.807, 2.05) is 18.2 Å². The minimum atomic E-state index is 0.580. The molecule has 0 amide bonds. The van der Waals surface area contributed by atoms with Crippen LogP contribution in [0.3, 0.4) is 0 Å². The molecule has 0 saturated carbocycles. The molecule has 0 atom stereocenters. The maximum absolute atomic E-state index is 5.65. The van der Waals surface area contributed by atoms with Gasteiger partial charge in [0, 0.05) is 47.1 Å². The van der Waals surface area contributed by atoms with Gasteiger partial charge in [-0.2, -0.15) is 0 Å². The lowest BCUT2D eigenvalue weighted by atomic mass is 9.98. The van der Waals surface area contributed by atoms with Crippen molar-refractivity contribution in [1.82, 2.24) is 9.88 Å². The van der Waals surface area contributed by atoms with Crippen molar-refractivity contribution in [3.05, 3.63) is 90.6 Å². The Hall–Kier alpha value is -3.41. The summed E-state index contributed by atoms with van der Waals surface area (Å²) < 4.78 is 0. The van der Waals surface area contributed by atoms with Gasteiger partial charge in [0.15, 0.2) is 5.11 Å². The molecule has 3 N–H and O–H groups in total. The van der Waals surface area contributed by atoms with Crippen molar-refractivity contribution in [1.29, 1.82) is 0 Å². The van der Waals surface area contributed by atoms with Gasteiger partial charge in [0.05, 0.1) is 0 Å². The zero-order valence-corrected chi connectivity index (χ0v) is 21.7. The van der Waals surface area contributed by atoms with Crippen molar-refractivity contribution < 1.29 is 0 Å². The number of thiocarbonyl (C=S) groups is 1. The zero-order valence-electron chi connectivity index (χ0n) is 20.9. The normalized spacial score (nSPS) is 14.0. The fourth-order valence-corrected chi connectivity index (χ4v) is 5.14. The van der Waals surface area contributed by atoms with Gasteiger partial charge in [0.2, 0.25) is 0 Å². The van der Waals surface area contributed by atoms with Crippen molar-refractivity contribution in [3.8, 4) is 11.1 Å². The van der Waals surface area contributed by atoms with Crippen LogP contribution < -0.4 is 10.6 Å². The highest BCUT2D eigenvalue weighted by molar-refractivity contribution is 7.80. The van der Waals surface area contributed by atoms with E-state index >= 15 is 0 Å². The number of H-pyrrole nitrogens is 1. The van der Waals surface area contributed by atoms with Crippen LogP contribution in [0.25, 0.3) is 27.6 Å². The largest absolute Gasteiger partial charge is 0.361 e. The van der Waals surface area contributed by atoms with Gasteiger partial charge in [0.25, 0.3) is 0 Å². The molecule has 184 valence electrons. The fourth-order valence-electron chi connectivity index (χ4n) is 4.91. The molecule has 0 radical (unpaired) electrons. The highest BCUT2D eigenvalue weighted by Gasteiger charge is 2.16. The molecule has 4 aromatic rings. The molecule has 4 nitrogen and oxygen atoms in total. The van der Waals surface area contributed by atoms with Crippen molar-refractivity contribution >= 4 is 45.2 Å². The Kier molecular flexibility index (Phi) is 7.79. The first-order chi connectivity index (χ1) is 17.7. The van der Waals surface area contributed by atoms with Gasteiger partial charge in [-0.25, -0.2) is 0 Å². The molecule has 1 aliphatic heterocycles. The second-order valence-electron chi connectivity index (χ2n) is 9.48. The van der Waals surface area contributed by atoms with Crippen molar-refractivity contribution in [2.24, 2.45) is 0 Å². The number of benzene rings is 3. The number of hydrogen-bond donors (Lipinski definition) is 3. The summed E-state index contributed by atoms with van der Waals surface area (Å²) in [5, 5.41) is 8.53. The molecule has 0 unspecified atom stereocenters. The topological polar surface area (TPSA) is 43.1 Å². The van der Waals surface area contributed by atoms with E-state index < -0.39 is 0 Å². The molecule has 2 heterocycles. The summed E-state index contributed by atoms with van der Waals surface area (Å²) in [6.45, 7) is 5.65. The first-order valence-corrected chi connectivity index (χ1v) is 13.4. The van der Waals surface area contributed by atoms with Crippen LogP contribution in [-0.4, -0.2) is 34.6 Å². The molecule has 36 heavy (non-hydrogen) atoms. The molecule has 5 heteroatoms. The van der Waals surface area contributed by atoms with Gasteiger partial charge in [-0.3, -0.25) is 4.90 Å². The first kappa shape index (κ1) is 24.3. The zero-order chi connectivity index (χ0) is 24.7. The Balaban J connectivity index is 1.26. The SMILES string of the molecule is CCCCCN1CC=C(c2c[nH]c3ccc(NC(=S)Nc4cccc(-c5ccccc5)c4)cc23)CC1. The van der Waals surface area contributed by atoms with Crippen LogP contribution in [0.2, 0.25) is 0 Å². The highest BCUT2D eigenvalue weighted by Crippen LogP contribution is 2.31. The third kappa shape index (κ3) is 5.86. The summed E-state index contributed by atoms with van der Waals surface area (Å²) in [7, 11) is 0. The van der Waals surface area contributed by atoms with Gasteiger partial charge < -0.3 is 15.6 Å². The number of hydrogen-bond acceptors (Lipinski definition) is 2. The molecule has 1 aliphatic rings. The van der Waals surface area contributed by atoms with E-state index in [2.05, 4.69) is 94.3 Å². The molecule has 0 bridgehead atoms. The summed E-state index contributed by atoms with van der Waals surface area (Å²) in [5.41, 5.74) is 8.18. The smallest absolute Gasteiger partial charge is 0.175 e. The molecule has 1 aromatic heterocycles. The molecule has 0 fully saturated rings. The Bertz CT molecular complexity index is 1360. The number of aromatic amines is 1. The maximum Gasteiger partial charge on any atom is 0.175 e. The van der Waals surface area contributed by atoms with E-state index in [-0.39, 0.29) is 0 Å². The van der Waals surface area contributed by atoms with E-state index in [1.54, 1.807) is 0 Å². The van der Waals surface area contributed by atoms with E-state index in [4.69, 9.17) is 12.2 Å². The van der Waals surface area contributed by atoms with Crippen LogP contribution in [0.5, 0.6) is 0 Å². The average Bonchev–Trinajstić information content (AvgIpc) is 3.33. The summed E-state index contributed by atoms with van der Waals surface area (Å²) in [5.74, 6) is 0. The number of anilines is 2. The van der Waals surface area contributed by atoms with Gasteiger partial charge in [-0.1, -0.05) is 68.3 Å². The molecule has 5 rings (SSSR count). The Morgan fingerprint density at radius 3 is 2.50 bits per heavy atom. The number of rotatable bonds is 8. The van der Waals surface area contributed by atoms with Gasteiger partial charge in [-0.15, -0.1) is 0 Å². The van der Waals surface area contributed by atoms with E-state index in [9.17, 15) is 0 Å². The predicted molar refractivity (Wildman–Crippen MR) is 159 cm³/mol. The lowest BCUT2D eigenvalue weighted by molar-refractivity contribution is 0.295. The summed E-state index contributed by atoms with van der Waals surface area (Å²) >= 11 is 5.65. The molecular weight excluding hydrogens is 460 g/mol. The third-order valence-corrected chi connectivity index (χ3v) is 7.09. The molecule has 0 spiro atoms. The Morgan fingerprint density at radius 2 is 1.72 bits per heavy atom. The second-order valence-corrected chi connectivity index (χ2v) is 9.88.